The molecule has 2 rings (SSSR count). The van der Waals surface area contributed by atoms with Crippen LogP contribution in [0.2, 0.25) is 0 Å². The molecule has 1 aliphatic rings. The maximum Gasteiger partial charge on any atom is 0.265 e. The highest BCUT2D eigenvalue weighted by molar-refractivity contribution is 7.89. The van der Waals surface area contributed by atoms with Gasteiger partial charge in [-0.2, -0.15) is 0 Å². The van der Waals surface area contributed by atoms with Gasteiger partial charge >= 0.3 is 0 Å². The number of amides is 1. The average molecular weight is 322 g/mol. The highest BCUT2D eigenvalue weighted by Gasteiger charge is 2.23. The van der Waals surface area contributed by atoms with Gasteiger partial charge in [-0.3, -0.25) is 4.79 Å². The minimum absolute atomic E-state index is 0.169. The molecule has 7 nitrogen and oxygen atoms in total. The topological polar surface area (TPSA) is 105 Å². The van der Waals surface area contributed by atoms with E-state index in [9.17, 15) is 22.0 Å². The molecule has 1 heterocycles. The summed E-state index contributed by atoms with van der Waals surface area (Å²) in [6, 6.07) is 3.68. The normalized spacial score (nSPS) is 16.1. The van der Waals surface area contributed by atoms with Gasteiger partial charge in [0.05, 0.1) is 10.6 Å². The molecule has 0 aliphatic carbocycles. The van der Waals surface area contributed by atoms with Crippen molar-refractivity contribution in [2.45, 2.75) is 17.4 Å². The van der Waals surface area contributed by atoms with Crippen LogP contribution in [0.1, 0.15) is 0 Å². The van der Waals surface area contributed by atoms with E-state index in [2.05, 4.69) is 5.32 Å². The van der Waals surface area contributed by atoms with Gasteiger partial charge in [-0.1, -0.05) is 0 Å². The van der Waals surface area contributed by atoms with Crippen molar-refractivity contribution in [1.82, 2.24) is 4.72 Å². The van der Waals surface area contributed by atoms with Crippen molar-refractivity contribution in [3.05, 3.63) is 18.2 Å². The first-order chi connectivity index (χ1) is 9.79. The second-order valence-corrected chi connectivity index (χ2v) is 6.02. The van der Waals surface area contributed by atoms with Crippen LogP contribution in [0.4, 0.5) is 14.5 Å². The van der Waals surface area contributed by atoms with E-state index < -0.39 is 35.0 Å². The maximum absolute atomic E-state index is 12.1. The number of aliphatic hydroxyl groups excluding tert-OH is 1. The summed E-state index contributed by atoms with van der Waals surface area (Å²) in [6.45, 7) is -0.988. The summed E-state index contributed by atoms with van der Waals surface area (Å²) in [7, 11) is -4.09. The van der Waals surface area contributed by atoms with Crippen molar-refractivity contribution in [2.24, 2.45) is 0 Å². The predicted octanol–water partition coefficient (Wildman–Crippen LogP) is -0.0782. The SMILES string of the molecule is O=C1COc2ccc(S(=O)(=O)NCC(O)C(F)F)cc2N1. The highest BCUT2D eigenvalue weighted by atomic mass is 32.2. The number of anilines is 1. The largest absolute Gasteiger partial charge is 0.482 e. The first-order valence-electron chi connectivity index (χ1n) is 5.82. The van der Waals surface area contributed by atoms with Gasteiger partial charge < -0.3 is 15.2 Å². The molecule has 0 radical (unpaired) electrons. The number of alkyl halides is 2. The van der Waals surface area contributed by atoms with E-state index in [0.29, 0.717) is 5.75 Å². The van der Waals surface area contributed by atoms with Crippen LogP contribution in [0.25, 0.3) is 0 Å². The minimum atomic E-state index is -4.09. The highest BCUT2D eigenvalue weighted by Crippen LogP contribution is 2.29. The van der Waals surface area contributed by atoms with E-state index in [1.54, 1.807) is 0 Å². The molecule has 1 unspecified atom stereocenters. The van der Waals surface area contributed by atoms with E-state index >= 15 is 0 Å². The summed E-state index contributed by atoms with van der Waals surface area (Å²) in [6.07, 6.45) is -5.15. The lowest BCUT2D eigenvalue weighted by molar-refractivity contribution is -0.118. The molecule has 0 bridgehead atoms. The summed E-state index contributed by atoms with van der Waals surface area (Å²) < 4.78 is 55.0. The van der Waals surface area contributed by atoms with Crippen LogP contribution in [-0.2, 0) is 14.8 Å². The molecular weight excluding hydrogens is 310 g/mol. The molecule has 0 spiro atoms. The number of hydrogen-bond donors (Lipinski definition) is 3. The van der Waals surface area contributed by atoms with Gasteiger partial charge in [0.1, 0.15) is 11.9 Å². The summed E-state index contributed by atoms with van der Waals surface area (Å²) in [5.74, 6) is -0.126. The van der Waals surface area contributed by atoms with Crippen LogP contribution in [0.3, 0.4) is 0 Å². The van der Waals surface area contributed by atoms with Crippen molar-refractivity contribution in [3.8, 4) is 5.75 Å². The van der Waals surface area contributed by atoms with Crippen molar-refractivity contribution in [3.63, 3.8) is 0 Å². The zero-order chi connectivity index (χ0) is 15.6. The van der Waals surface area contributed by atoms with Gasteiger partial charge in [-0.25, -0.2) is 21.9 Å². The molecular formula is C11H12F2N2O5S. The predicted molar refractivity (Wildman–Crippen MR) is 67.8 cm³/mol. The van der Waals surface area contributed by atoms with E-state index in [1.165, 1.54) is 12.1 Å². The van der Waals surface area contributed by atoms with E-state index in [-0.39, 0.29) is 17.2 Å². The number of nitrogens with one attached hydrogen (secondary N) is 2. The van der Waals surface area contributed by atoms with Gasteiger partial charge in [0.15, 0.2) is 6.61 Å². The van der Waals surface area contributed by atoms with Crippen LogP contribution in [0, 0.1) is 0 Å². The Morgan fingerprint density at radius 1 is 1.43 bits per heavy atom. The Morgan fingerprint density at radius 3 is 2.81 bits per heavy atom. The van der Waals surface area contributed by atoms with Crippen LogP contribution in [0.15, 0.2) is 23.1 Å². The van der Waals surface area contributed by atoms with Gasteiger partial charge in [-0.05, 0) is 18.2 Å². The van der Waals surface area contributed by atoms with Crippen molar-refractivity contribution >= 4 is 21.6 Å². The minimum Gasteiger partial charge on any atom is -0.482 e. The standard InChI is InChI=1S/C11H12F2N2O5S/c12-11(13)8(16)4-14-21(18,19)6-1-2-9-7(3-6)15-10(17)5-20-9/h1-3,8,11,14,16H,4-5H2,(H,15,17). The monoisotopic (exact) mass is 322 g/mol. The molecule has 10 heteroatoms. The number of fused-ring (bicyclic) bond motifs is 1. The lowest BCUT2D eigenvalue weighted by atomic mass is 10.2. The quantitative estimate of drug-likeness (QED) is 0.703. The number of aliphatic hydroxyl groups is 1. The Kier molecular flexibility index (Phi) is 4.40. The number of halogens is 2. The number of hydrogen-bond acceptors (Lipinski definition) is 5. The van der Waals surface area contributed by atoms with Crippen LogP contribution in [0.5, 0.6) is 5.75 Å². The third-order valence-electron chi connectivity index (χ3n) is 2.67. The number of ether oxygens (including phenoxy) is 1. The molecule has 1 aromatic rings. The van der Waals surface area contributed by atoms with Crippen LogP contribution in [-0.4, -0.2) is 45.1 Å². The van der Waals surface area contributed by atoms with Gasteiger partial charge in [0, 0.05) is 6.54 Å². The fourth-order valence-electron chi connectivity index (χ4n) is 1.60. The summed E-state index contributed by atoms with van der Waals surface area (Å²) >= 11 is 0. The van der Waals surface area contributed by atoms with Crippen molar-refractivity contribution in [1.29, 1.82) is 0 Å². The number of benzene rings is 1. The van der Waals surface area contributed by atoms with Crippen molar-refractivity contribution in [2.75, 3.05) is 18.5 Å². The molecule has 0 saturated heterocycles. The Hall–Kier alpha value is -1.78. The zero-order valence-electron chi connectivity index (χ0n) is 10.5. The third kappa shape index (κ3) is 3.65. The van der Waals surface area contributed by atoms with E-state index in [4.69, 9.17) is 9.84 Å². The van der Waals surface area contributed by atoms with Crippen LogP contribution < -0.4 is 14.8 Å². The number of sulfonamides is 1. The molecule has 3 N–H and O–H groups in total. The lowest BCUT2D eigenvalue weighted by Crippen LogP contribution is -2.36. The average Bonchev–Trinajstić information content (AvgIpc) is 2.43. The molecule has 1 aromatic carbocycles. The first kappa shape index (κ1) is 15.6. The molecule has 116 valence electrons. The molecule has 0 fully saturated rings. The van der Waals surface area contributed by atoms with Gasteiger partial charge in [-0.15, -0.1) is 0 Å². The summed E-state index contributed by atoms with van der Waals surface area (Å²) in [5, 5.41) is 11.3. The molecule has 21 heavy (non-hydrogen) atoms. The van der Waals surface area contributed by atoms with Gasteiger partial charge in [0.25, 0.3) is 12.3 Å². The van der Waals surface area contributed by atoms with E-state index in [0.717, 1.165) is 6.07 Å². The second-order valence-electron chi connectivity index (χ2n) is 4.25. The Morgan fingerprint density at radius 2 is 2.14 bits per heavy atom. The summed E-state index contributed by atoms with van der Waals surface area (Å²) in [5.41, 5.74) is 0.170. The fraction of sp³-hybridized carbons (Fsp3) is 0.364. The smallest absolute Gasteiger partial charge is 0.265 e. The lowest BCUT2D eigenvalue weighted by Gasteiger charge is -2.18. The fourth-order valence-corrected chi connectivity index (χ4v) is 2.67. The Bertz CT molecular complexity index is 650. The molecule has 0 aromatic heterocycles. The summed E-state index contributed by atoms with van der Waals surface area (Å²) in [4.78, 5) is 10.9. The second kappa shape index (κ2) is 5.92. The Balaban J connectivity index is 2.17. The third-order valence-corrected chi connectivity index (χ3v) is 4.09. The maximum atomic E-state index is 12.1. The molecule has 0 saturated carbocycles. The van der Waals surface area contributed by atoms with Gasteiger partial charge in [0.2, 0.25) is 10.0 Å². The van der Waals surface area contributed by atoms with Crippen LogP contribution >= 0.6 is 0 Å². The number of carbonyl (C=O) groups excluding carboxylic acids is 1. The molecule has 1 aliphatic heterocycles. The Labute approximate surface area is 119 Å². The molecule has 1 amide bonds. The van der Waals surface area contributed by atoms with Crippen molar-refractivity contribution < 1.29 is 31.8 Å². The zero-order valence-corrected chi connectivity index (χ0v) is 11.4. The first-order valence-corrected chi connectivity index (χ1v) is 7.30. The number of rotatable bonds is 5. The van der Waals surface area contributed by atoms with E-state index in [1.807, 2.05) is 4.72 Å². The number of carbonyl (C=O) groups is 1. The molecule has 1 atom stereocenters.